The van der Waals surface area contributed by atoms with E-state index < -0.39 is 0 Å². The predicted molar refractivity (Wildman–Crippen MR) is 99.1 cm³/mol. The van der Waals surface area contributed by atoms with Crippen LogP contribution in [0, 0.1) is 19.4 Å². The zero-order valence-electron chi connectivity index (χ0n) is 15.1. The summed E-state index contributed by atoms with van der Waals surface area (Å²) in [5.41, 5.74) is 0. The Bertz CT molecular complexity index is 270. The Labute approximate surface area is 166 Å². The minimum atomic E-state index is 0. The van der Waals surface area contributed by atoms with Gasteiger partial charge in [0.25, 0.3) is 0 Å². The summed E-state index contributed by atoms with van der Waals surface area (Å²) in [4.78, 5) is 0. The van der Waals surface area contributed by atoms with Gasteiger partial charge in [-0.15, -0.1) is 0 Å². The summed E-state index contributed by atoms with van der Waals surface area (Å²) in [5.74, 6) is 0.833. The zero-order valence-corrected chi connectivity index (χ0v) is 18.0. The van der Waals surface area contributed by atoms with E-state index in [1.54, 1.807) is 6.08 Å². The normalized spacial score (nSPS) is 11.0. The molecule has 0 N–H and O–H groups in total. The Balaban J connectivity index is -0.000000520. The van der Waals surface area contributed by atoms with Crippen LogP contribution in [-0.2, 0) is 32.7 Å². The van der Waals surface area contributed by atoms with E-state index in [2.05, 4.69) is 52.0 Å². The van der Waals surface area contributed by atoms with E-state index in [1.807, 2.05) is 12.2 Å². The minimum Gasteiger partial charge on any atom is -0.343 e. The van der Waals surface area contributed by atoms with Crippen molar-refractivity contribution in [2.45, 2.75) is 72.1 Å². The third kappa shape index (κ3) is 32.1. The van der Waals surface area contributed by atoms with Gasteiger partial charge in [0.1, 0.15) is 0 Å². The molecule has 0 spiro atoms. The van der Waals surface area contributed by atoms with Crippen LogP contribution in [0.25, 0.3) is 0 Å². The van der Waals surface area contributed by atoms with E-state index in [-0.39, 0.29) is 32.7 Å². The fourth-order valence-electron chi connectivity index (χ4n) is 1.61. The molecule has 0 aromatic heterocycles. The molecule has 122 valence electrons. The second-order valence-corrected chi connectivity index (χ2v) is 5.57. The van der Waals surface area contributed by atoms with Crippen LogP contribution in [0.2, 0.25) is 0 Å². The van der Waals surface area contributed by atoms with Gasteiger partial charge in [-0.1, -0.05) is 64.3 Å². The molecule has 0 radical (unpaired) electrons. The molecule has 0 heterocycles. The van der Waals surface area contributed by atoms with Crippen molar-refractivity contribution in [2.75, 3.05) is 0 Å². The Kier molecular flexibility index (Phi) is 31.8. The molecule has 0 aliphatic heterocycles. The molecule has 1 heteroatoms. The molecule has 0 rings (SSSR count). The second-order valence-electron chi connectivity index (χ2n) is 5.57. The number of rotatable bonds is 11. The number of hydrogen-bond acceptors (Lipinski definition) is 0. The van der Waals surface area contributed by atoms with Gasteiger partial charge in [0.2, 0.25) is 0 Å². The first-order valence-corrected chi connectivity index (χ1v) is 8.48. The van der Waals surface area contributed by atoms with Crippen molar-refractivity contribution in [1.29, 1.82) is 0 Å². The minimum absolute atomic E-state index is 0. The van der Waals surface area contributed by atoms with Gasteiger partial charge in [0.05, 0.1) is 0 Å². The second kappa shape index (κ2) is 26.0. The molecule has 0 aromatic carbocycles. The molecule has 22 heavy (non-hydrogen) atoms. The van der Waals surface area contributed by atoms with Crippen LogP contribution in [0.3, 0.4) is 0 Å². The summed E-state index contributed by atoms with van der Waals surface area (Å²) < 4.78 is 0. The van der Waals surface area contributed by atoms with E-state index in [4.69, 9.17) is 6.58 Å². The number of allylic oxidation sites excluding steroid dienone is 7. The van der Waals surface area contributed by atoms with E-state index in [0.717, 1.165) is 25.2 Å². The molecular weight excluding hydrogens is 341 g/mol. The third-order valence-electron chi connectivity index (χ3n) is 2.88. The van der Waals surface area contributed by atoms with Gasteiger partial charge in [0.15, 0.2) is 0 Å². The topological polar surface area (TPSA) is 0 Å². The molecule has 0 aliphatic carbocycles. The Morgan fingerprint density at radius 3 is 2.00 bits per heavy atom. The van der Waals surface area contributed by atoms with Gasteiger partial charge in [-0.25, -0.2) is 12.2 Å². The van der Waals surface area contributed by atoms with Crippen molar-refractivity contribution in [1.82, 2.24) is 0 Å². The largest absolute Gasteiger partial charge is 3.00 e. The van der Waals surface area contributed by atoms with Gasteiger partial charge in [-0.3, -0.25) is 6.58 Å². The molecule has 0 saturated heterocycles. The first-order chi connectivity index (χ1) is 10.2. The summed E-state index contributed by atoms with van der Waals surface area (Å²) in [6, 6.07) is 0. The van der Waals surface area contributed by atoms with Crippen molar-refractivity contribution >= 4 is 0 Å². The fourth-order valence-corrected chi connectivity index (χ4v) is 1.61. The van der Waals surface area contributed by atoms with Crippen LogP contribution in [0.15, 0.2) is 42.5 Å². The molecule has 0 atom stereocenters. The summed E-state index contributed by atoms with van der Waals surface area (Å²) in [6.07, 6.45) is 23.9. The maximum Gasteiger partial charge on any atom is 3.00 e. The molecule has 0 aromatic rings. The SMILES string of the molecule is [CH-]=C/C=C/C/C=C/C/C=C/CCCC(C)C.[CH2-]CCCC.[Y+3]. The van der Waals surface area contributed by atoms with E-state index in [1.165, 1.54) is 32.1 Å². The molecular formula is C21H36Y+. The van der Waals surface area contributed by atoms with Gasteiger partial charge in [0, 0.05) is 0 Å². The molecule has 0 nitrogen and oxygen atoms in total. The van der Waals surface area contributed by atoms with E-state index >= 15 is 0 Å². The quantitative estimate of drug-likeness (QED) is 0.154. The van der Waals surface area contributed by atoms with Crippen molar-refractivity contribution < 1.29 is 32.7 Å². The monoisotopic (exact) mass is 377 g/mol. The van der Waals surface area contributed by atoms with Crippen LogP contribution in [0.5, 0.6) is 0 Å². The van der Waals surface area contributed by atoms with Crippen molar-refractivity contribution in [2.24, 2.45) is 5.92 Å². The molecule has 0 amide bonds. The van der Waals surface area contributed by atoms with Crippen LogP contribution >= 0.6 is 0 Å². The van der Waals surface area contributed by atoms with Gasteiger partial charge in [-0.05, 0) is 31.6 Å². The van der Waals surface area contributed by atoms with Gasteiger partial charge >= 0.3 is 32.7 Å². The van der Waals surface area contributed by atoms with Crippen LogP contribution in [0.4, 0.5) is 0 Å². The van der Waals surface area contributed by atoms with E-state index in [9.17, 15) is 0 Å². The Morgan fingerprint density at radius 2 is 1.55 bits per heavy atom. The van der Waals surface area contributed by atoms with Crippen LogP contribution in [-0.4, -0.2) is 0 Å². The molecule has 0 unspecified atom stereocenters. The predicted octanol–water partition coefficient (Wildman–Crippen LogP) is 7.26. The van der Waals surface area contributed by atoms with Gasteiger partial charge < -0.3 is 6.92 Å². The third-order valence-corrected chi connectivity index (χ3v) is 2.88. The number of hydrogen-bond donors (Lipinski definition) is 0. The molecule has 0 aliphatic rings. The van der Waals surface area contributed by atoms with Crippen LogP contribution < -0.4 is 0 Å². The van der Waals surface area contributed by atoms with Crippen molar-refractivity contribution in [3.63, 3.8) is 0 Å². The van der Waals surface area contributed by atoms with Crippen molar-refractivity contribution in [3.8, 4) is 0 Å². The summed E-state index contributed by atoms with van der Waals surface area (Å²) in [6.45, 7) is 15.6. The first kappa shape index (κ1) is 26.9. The molecule has 0 fully saturated rings. The maximum absolute atomic E-state index is 5.21. The van der Waals surface area contributed by atoms with Crippen molar-refractivity contribution in [3.05, 3.63) is 56.0 Å². The number of unbranched alkanes of at least 4 members (excludes halogenated alkanes) is 3. The average molecular weight is 377 g/mol. The van der Waals surface area contributed by atoms with Gasteiger partial charge in [-0.2, -0.15) is 12.5 Å². The van der Waals surface area contributed by atoms with Crippen LogP contribution in [0.1, 0.15) is 72.1 Å². The smallest absolute Gasteiger partial charge is 0.343 e. The summed E-state index contributed by atoms with van der Waals surface area (Å²) >= 11 is 0. The fraction of sp³-hybridized carbons (Fsp3) is 0.571. The molecule has 0 bridgehead atoms. The first-order valence-electron chi connectivity index (χ1n) is 8.48. The summed E-state index contributed by atoms with van der Waals surface area (Å²) in [5, 5.41) is 0. The zero-order chi connectivity index (χ0) is 16.2. The standard InChI is InChI=1S/C16H25.C5H11.Y/c1-4-5-6-7-8-9-10-11-12-13-14-15-16(2)3;1-3-5-4-2;/h1,4-6,8-9,11-12,16H,7,10,13-15H2,2-3H3;1,3-5H2,2H3;/q2*-1;+3/b6-5+,9-8+,12-11+;;. The Morgan fingerprint density at radius 1 is 0.955 bits per heavy atom. The Hall–Kier alpha value is 0.0639. The summed E-state index contributed by atoms with van der Waals surface area (Å²) in [7, 11) is 0. The maximum atomic E-state index is 5.21. The average Bonchev–Trinajstić information content (AvgIpc) is 2.46. The molecule has 0 saturated carbocycles. The van der Waals surface area contributed by atoms with E-state index in [0.29, 0.717) is 0 Å².